The van der Waals surface area contributed by atoms with Gasteiger partial charge in [-0.3, -0.25) is 9.36 Å². The monoisotopic (exact) mass is 360 g/mol. The third-order valence-corrected chi connectivity index (χ3v) is 5.88. The third-order valence-electron chi connectivity index (χ3n) is 4.45. The van der Waals surface area contributed by atoms with Crippen LogP contribution in [0.15, 0.2) is 29.1 Å². The Morgan fingerprint density at radius 3 is 2.83 bits per heavy atom. The van der Waals surface area contributed by atoms with E-state index in [0.29, 0.717) is 24.0 Å². The number of hydrogen-bond donors (Lipinski definition) is 0. The van der Waals surface area contributed by atoms with Crippen molar-refractivity contribution in [2.75, 3.05) is 13.7 Å². The minimum Gasteiger partial charge on any atom is -0.383 e. The molecule has 0 aliphatic heterocycles. The molecule has 1 aliphatic rings. The number of thiophene rings is 1. The van der Waals surface area contributed by atoms with Crippen LogP contribution in [0.25, 0.3) is 21.6 Å². The van der Waals surface area contributed by atoms with Gasteiger partial charge in [0.2, 0.25) is 0 Å². The number of ether oxygens (including phenoxy) is 1. The Hall–Kier alpha value is -1.69. The summed E-state index contributed by atoms with van der Waals surface area (Å²) in [6.07, 6.45) is 3.18. The lowest BCUT2D eigenvalue weighted by Crippen LogP contribution is -2.25. The van der Waals surface area contributed by atoms with Crippen LogP contribution in [-0.4, -0.2) is 23.3 Å². The molecule has 0 saturated carbocycles. The molecule has 6 heteroatoms. The predicted molar refractivity (Wildman–Crippen MR) is 98.2 cm³/mol. The quantitative estimate of drug-likeness (QED) is 0.708. The second kappa shape index (κ2) is 6.31. The fourth-order valence-electron chi connectivity index (χ4n) is 3.29. The largest absolute Gasteiger partial charge is 0.383 e. The number of halogens is 1. The topological polar surface area (TPSA) is 44.1 Å². The number of methoxy groups -OCH3 is 1. The minimum atomic E-state index is 0.0430. The first-order valence-corrected chi connectivity index (χ1v) is 9.18. The Labute approximate surface area is 148 Å². The van der Waals surface area contributed by atoms with Gasteiger partial charge in [0, 0.05) is 22.6 Å². The number of rotatable bonds is 4. The summed E-state index contributed by atoms with van der Waals surface area (Å²) in [7, 11) is 1.64. The van der Waals surface area contributed by atoms with Crippen molar-refractivity contribution >= 4 is 33.2 Å². The molecule has 24 heavy (non-hydrogen) atoms. The van der Waals surface area contributed by atoms with Crippen molar-refractivity contribution in [2.45, 2.75) is 25.8 Å². The van der Waals surface area contributed by atoms with Gasteiger partial charge in [-0.1, -0.05) is 11.6 Å². The Morgan fingerprint density at radius 1 is 1.29 bits per heavy atom. The summed E-state index contributed by atoms with van der Waals surface area (Å²) in [6.45, 7) is 0.959. The van der Waals surface area contributed by atoms with Crippen LogP contribution in [0.3, 0.4) is 0 Å². The molecule has 3 aromatic rings. The van der Waals surface area contributed by atoms with Crippen LogP contribution in [0, 0.1) is 0 Å². The highest BCUT2D eigenvalue weighted by molar-refractivity contribution is 7.18. The summed E-state index contributed by atoms with van der Waals surface area (Å²) in [5, 5.41) is 1.47. The molecule has 1 aromatic carbocycles. The summed E-state index contributed by atoms with van der Waals surface area (Å²) in [5.41, 5.74) is 2.14. The lowest BCUT2D eigenvalue weighted by molar-refractivity contribution is 0.186. The summed E-state index contributed by atoms with van der Waals surface area (Å²) >= 11 is 7.66. The Balaban J connectivity index is 1.97. The van der Waals surface area contributed by atoms with E-state index in [1.807, 2.05) is 24.3 Å². The molecule has 124 valence electrons. The molecule has 0 amide bonds. The number of aromatic nitrogens is 2. The van der Waals surface area contributed by atoms with Crippen LogP contribution in [-0.2, 0) is 24.1 Å². The second-order valence-corrected chi connectivity index (χ2v) is 7.45. The van der Waals surface area contributed by atoms with E-state index in [9.17, 15) is 4.79 Å². The fraction of sp³-hybridized carbons (Fsp3) is 0.333. The van der Waals surface area contributed by atoms with Gasteiger partial charge in [0.1, 0.15) is 10.7 Å². The molecule has 0 spiro atoms. The Kier molecular flexibility index (Phi) is 4.16. The zero-order valence-corrected chi connectivity index (χ0v) is 14.9. The van der Waals surface area contributed by atoms with E-state index in [1.54, 1.807) is 23.0 Å². The molecule has 4 nitrogen and oxygen atoms in total. The first-order valence-electron chi connectivity index (χ1n) is 7.99. The molecular weight excluding hydrogens is 344 g/mol. The molecule has 1 aliphatic carbocycles. The van der Waals surface area contributed by atoms with E-state index in [4.69, 9.17) is 21.3 Å². The minimum absolute atomic E-state index is 0.0430. The standard InChI is InChI=1S/C18H17ClN2O2S/c1-23-10-9-21-16(11-5-7-12(19)8-6-11)20-17-15(18(21)22)13-3-2-4-14(13)24-17/h5-8H,2-4,9-10H2,1H3. The molecule has 0 N–H and O–H groups in total. The molecule has 2 heterocycles. The highest BCUT2D eigenvalue weighted by Gasteiger charge is 2.23. The maximum atomic E-state index is 13.2. The molecule has 0 radical (unpaired) electrons. The predicted octanol–water partition coefficient (Wildman–Crippen LogP) is 3.91. The molecule has 0 fully saturated rings. The normalized spacial score (nSPS) is 13.6. The van der Waals surface area contributed by atoms with Crippen molar-refractivity contribution in [1.29, 1.82) is 0 Å². The number of nitrogens with zero attached hydrogens (tertiary/aromatic N) is 2. The average molecular weight is 361 g/mol. The number of aryl methyl sites for hydroxylation is 2. The van der Waals surface area contributed by atoms with Crippen molar-refractivity contribution in [2.24, 2.45) is 0 Å². The smallest absolute Gasteiger partial charge is 0.262 e. The van der Waals surface area contributed by atoms with Gasteiger partial charge < -0.3 is 4.74 Å². The average Bonchev–Trinajstić information content (AvgIpc) is 3.15. The van der Waals surface area contributed by atoms with Gasteiger partial charge in [-0.05, 0) is 49.1 Å². The SMILES string of the molecule is COCCn1c(-c2ccc(Cl)cc2)nc2sc3c(c2c1=O)CCC3. The first-order chi connectivity index (χ1) is 11.7. The highest BCUT2D eigenvalue weighted by Crippen LogP contribution is 2.35. The van der Waals surface area contributed by atoms with Crippen LogP contribution < -0.4 is 5.56 Å². The number of hydrogen-bond acceptors (Lipinski definition) is 4. The third kappa shape index (κ3) is 2.57. The van der Waals surface area contributed by atoms with Crippen LogP contribution >= 0.6 is 22.9 Å². The maximum Gasteiger partial charge on any atom is 0.262 e. The summed E-state index contributed by atoms with van der Waals surface area (Å²) in [4.78, 5) is 20.2. The molecule has 2 aromatic heterocycles. The van der Waals surface area contributed by atoms with Crippen molar-refractivity contribution in [3.8, 4) is 11.4 Å². The van der Waals surface area contributed by atoms with Gasteiger partial charge in [-0.2, -0.15) is 0 Å². The highest BCUT2D eigenvalue weighted by atomic mass is 35.5. The summed E-state index contributed by atoms with van der Waals surface area (Å²) in [5.74, 6) is 0.682. The zero-order valence-electron chi connectivity index (χ0n) is 13.3. The maximum absolute atomic E-state index is 13.2. The van der Waals surface area contributed by atoms with Gasteiger partial charge in [0.05, 0.1) is 18.5 Å². The number of benzene rings is 1. The van der Waals surface area contributed by atoms with E-state index in [0.717, 1.165) is 35.0 Å². The molecule has 0 atom stereocenters. The van der Waals surface area contributed by atoms with Crippen LogP contribution in [0.2, 0.25) is 5.02 Å². The van der Waals surface area contributed by atoms with Crippen molar-refractivity contribution in [3.63, 3.8) is 0 Å². The summed E-state index contributed by atoms with van der Waals surface area (Å²) < 4.78 is 6.93. The van der Waals surface area contributed by atoms with Crippen molar-refractivity contribution in [3.05, 3.63) is 50.1 Å². The lowest BCUT2D eigenvalue weighted by atomic mass is 10.1. The van der Waals surface area contributed by atoms with Gasteiger partial charge in [-0.25, -0.2) is 4.98 Å². The van der Waals surface area contributed by atoms with Gasteiger partial charge in [0.15, 0.2) is 0 Å². The molecule has 0 unspecified atom stereocenters. The van der Waals surface area contributed by atoms with E-state index in [1.165, 1.54) is 10.4 Å². The van der Waals surface area contributed by atoms with Gasteiger partial charge >= 0.3 is 0 Å². The van der Waals surface area contributed by atoms with Crippen LogP contribution in [0.4, 0.5) is 0 Å². The Bertz CT molecular complexity index is 960. The van der Waals surface area contributed by atoms with E-state index < -0.39 is 0 Å². The Morgan fingerprint density at radius 2 is 2.08 bits per heavy atom. The fourth-order valence-corrected chi connectivity index (χ4v) is 4.66. The van der Waals surface area contributed by atoms with Crippen molar-refractivity contribution < 1.29 is 4.74 Å². The molecular formula is C18H17ClN2O2S. The molecule has 0 saturated heterocycles. The van der Waals surface area contributed by atoms with E-state index >= 15 is 0 Å². The molecule has 0 bridgehead atoms. The molecule has 4 rings (SSSR count). The first kappa shape index (κ1) is 15.8. The lowest BCUT2D eigenvalue weighted by Gasteiger charge is -2.12. The number of fused-ring (bicyclic) bond motifs is 3. The zero-order chi connectivity index (χ0) is 16.7. The van der Waals surface area contributed by atoms with Crippen molar-refractivity contribution in [1.82, 2.24) is 9.55 Å². The van der Waals surface area contributed by atoms with Gasteiger partial charge in [-0.15, -0.1) is 11.3 Å². The van der Waals surface area contributed by atoms with Crippen LogP contribution in [0.5, 0.6) is 0 Å². The summed E-state index contributed by atoms with van der Waals surface area (Å²) in [6, 6.07) is 7.45. The van der Waals surface area contributed by atoms with E-state index in [-0.39, 0.29) is 5.56 Å². The van der Waals surface area contributed by atoms with E-state index in [2.05, 4.69) is 0 Å². The second-order valence-electron chi connectivity index (χ2n) is 5.93. The van der Waals surface area contributed by atoms with Gasteiger partial charge in [0.25, 0.3) is 5.56 Å². The van der Waals surface area contributed by atoms with Crippen LogP contribution in [0.1, 0.15) is 16.9 Å².